The van der Waals surface area contributed by atoms with Crippen LogP contribution in [0.25, 0.3) is 10.9 Å². The Morgan fingerprint density at radius 3 is 2.61 bits per heavy atom. The van der Waals surface area contributed by atoms with Crippen molar-refractivity contribution >= 4 is 16.6 Å². The van der Waals surface area contributed by atoms with Crippen LogP contribution in [0, 0.1) is 0 Å². The number of hydrogen-bond donors (Lipinski definition) is 2. The van der Waals surface area contributed by atoms with Gasteiger partial charge in [0, 0.05) is 29.4 Å². The molecule has 2 rings (SSSR count). The van der Waals surface area contributed by atoms with Crippen LogP contribution in [0.3, 0.4) is 0 Å². The lowest BCUT2D eigenvalue weighted by atomic mass is 9.94. The van der Waals surface area contributed by atoms with Crippen LogP contribution >= 0.6 is 0 Å². The highest BCUT2D eigenvalue weighted by Crippen LogP contribution is 2.22. The van der Waals surface area contributed by atoms with Crippen molar-refractivity contribution in [3.05, 3.63) is 36.5 Å². The van der Waals surface area contributed by atoms with Crippen LogP contribution in [-0.2, 0) is 0 Å². The quantitative estimate of drug-likeness (QED) is 0.848. The van der Waals surface area contributed by atoms with Crippen LogP contribution in [-0.4, -0.2) is 17.1 Å². The molecule has 1 heterocycles. The number of anilines is 1. The van der Waals surface area contributed by atoms with Gasteiger partial charge in [0.2, 0.25) is 0 Å². The van der Waals surface area contributed by atoms with Crippen LogP contribution in [0.5, 0.6) is 0 Å². The van der Waals surface area contributed by atoms with E-state index in [0.29, 0.717) is 0 Å². The first-order valence-corrected chi connectivity index (χ1v) is 6.55. The van der Waals surface area contributed by atoms with Gasteiger partial charge in [-0.15, -0.1) is 0 Å². The molecule has 0 bridgehead atoms. The fourth-order valence-corrected chi connectivity index (χ4v) is 2.02. The number of fused-ring (bicyclic) bond motifs is 1. The Kier molecular flexibility index (Phi) is 3.82. The molecule has 3 heteroatoms. The van der Waals surface area contributed by atoms with Gasteiger partial charge in [-0.25, -0.2) is 0 Å². The summed E-state index contributed by atoms with van der Waals surface area (Å²) in [5, 5.41) is 4.61. The Bertz CT molecular complexity index is 513. The van der Waals surface area contributed by atoms with E-state index in [-0.39, 0.29) is 5.54 Å². The molecule has 0 aliphatic carbocycles. The fraction of sp³-hybridized carbons (Fsp3) is 0.400. The molecule has 0 aliphatic rings. The number of hydrogen-bond acceptors (Lipinski definition) is 3. The number of nitrogens with zero attached hydrogens (tertiary/aromatic N) is 1. The Balaban J connectivity index is 2.22. The number of para-hydroxylation sites is 1. The number of aromatic nitrogens is 1. The van der Waals surface area contributed by atoms with E-state index in [4.69, 9.17) is 5.73 Å². The summed E-state index contributed by atoms with van der Waals surface area (Å²) >= 11 is 0. The van der Waals surface area contributed by atoms with E-state index in [1.165, 1.54) is 0 Å². The molecule has 1 aromatic heterocycles. The molecule has 3 N–H and O–H groups in total. The van der Waals surface area contributed by atoms with Crippen molar-refractivity contribution in [1.82, 2.24) is 4.98 Å². The summed E-state index contributed by atoms with van der Waals surface area (Å²) in [6.45, 7) is 5.06. The normalized spacial score (nSPS) is 11.7. The lowest BCUT2D eigenvalue weighted by Gasteiger charge is -2.27. The fourth-order valence-electron chi connectivity index (χ4n) is 2.02. The van der Waals surface area contributed by atoms with E-state index in [0.717, 1.165) is 36.0 Å². The van der Waals surface area contributed by atoms with Crippen molar-refractivity contribution in [3.8, 4) is 0 Å². The third-order valence-corrected chi connectivity index (χ3v) is 3.69. The monoisotopic (exact) mass is 243 g/mol. The minimum atomic E-state index is -0.135. The molecule has 0 saturated carbocycles. The largest absolute Gasteiger partial charge is 0.383 e. The Morgan fingerprint density at radius 2 is 1.89 bits per heavy atom. The van der Waals surface area contributed by atoms with Gasteiger partial charge in [-0.2, -0.15) is 0 Å². The van der Waals surface area contributed by atoms with Crippen LogP contribution in [0.1, 0.15) is 26.7 Å². The molecule has 0 unspecified atom stereocenters. The number of benzene rings is 1. The minimum absolute atomic E-state index is 0.135. The van der Waals surface area contributed by atoms with Gasteiger partial charge in [-0.3, -0.25) is 4.98 Å². The number of nitrogens with one attached hydrogen (secondary N) is 1. The molecule has 0 saturated heterocycles. The summed E-state index contributed by atoms with van der Waals surface area (Å²) in [5.74, 6) is 0. The maximum Gasteiger partial charge on any atom is 0.0722 e. The van der Waals surface area contributed by atoms with Crippen LogP contribution in [0.4, 0.5) is 5.69 Å². The summed E-state index contributed by atoms with van der Waals surface area (Å²) < 4.78 is 0. The van der Waals surface area contributed by atoms with Gasteiger partial charge in [0.15, 0.2) is 0 Å². The second kappa shape index (κ2) is 5.36. The van der Waals surface area contributed by atoms with E-state index in [2.05, 4.69) is 30.2 Å². The summed E-state index contributed by atoms with van der Waals surface area (Å²) in [7, 11) is 0. The van der Waals surface area contributed by atoms with Gasteiger partial charge < -0.3 is 11.1 Å². The number of rotatable bonds is 5. The molecule has 1 aromatic carbocycles. The van der Waals surface area contributed by atoms with Crippen molar-refractivity contribution in [1.29, 1.82) is 0 Å². The highest BCUT2D eigenvalue weighted by Gasteiger charge is 2.19. The lowest BCUT2D eigenvalue weighted by molar-refractivity contribution is 0.418. The second-order valence-electron chi connectivity index (χ2n) is 4.80. The molecule has 2 aromatic rings. The average Bonchev–Trinajstić information content (AvgIpc) is 2.44. The summed E-state index contributed by atoms with van der Waals surface area (Å²) in [6, 6.07) is 10.2. The standard InChI is InChI=1S/C15H21N3/c1-3-15(16,4-2)11-18-14-9-10-17-13-8-6-5-7-12(13)14/h5-10H,3-4,11,16H2,1-2H3,(H,17,18). The average molecular weight is 243 g/mol. The van der Waals surface area contributed by atoms with Crippen molar-refractivity contribution < 1.29 is 0 Å². The van der Waals surface area contributed by atoms with Gasteiger partial charge in [-0.05, 0) is 25.0 Å². The van der Waals surface area contributed by atoms with E-state index in [9.17, 15) is 0 Å². The highest BCUT2D eigenvalue weighted by atomic mass is 14.9. The maximum absolute atomic E-state index is 6.31. The first-order valence-electron chi connectivity index (χ1n) is 6.55. The van der Waals surface area contributed by atoms with E-state index in [1.807, 2.05) is 30.5 Å². The molecular weight excluding hydrogens is 222 g/mol. The van der Waals surface area contributed by atoms with E-state index >= 15 is 0 Å². The van der Waals surface area contributed by atoms with Gasteiger partial charge in [0.05, 0.1) is 5.52 Å². The smallest absolute Gasteiger partial charge is 0.0722 e. The Hall–Kier alpha value is -1.61. The number of pyridine rings is 1. The van der Waals surface area contributed by atoms with Crippen molar-refractivity contribution in [3.63, 3.8) is 0 Å². The predicted octanol–water partition coefficient (Wildman–Crippen LogP) is 3.16. The zero-order valence-corrected chi connectivity index (χ0v) is 11.1. The molecular formula is C15H21N3. The first kappa shape index (κ1) is 12.8. The maximum atomic E-state index is 6.31. The van der Waals surface area contributed by atoms with Crippen molar-refractivity contribution in [2.75, 3.05) is 11.9 Å². The Labute approximate surface area is 108 Å². The predicted molar refractivity (Wildman–Crippen MR) is 77.7 cm³/mol. The SMILES string of the molecule is CCC(N)(CC)CNc1ccnc2ccccc12. The minimum Gasteiger partial charge on any atom is -0.383 e. The molecule has 0 spiro atoms. The summed E-state index contributed by atoms with van der Waals surface area (Å²) in [6.07, 6.45) is 3.78. The molecule has 18 heavy (non-hydrogen) atoms. The van der Waals surface area contributed by atoms with Gasteiger partial charge in [0.1, 0.15) is 0 Å². The van der Waals surface area contributed by atoms with Crippen LogP contribution < -0.4 is 11.1 Å². The molecule has 3 nitrogen and oxygen atoms in total. The van der Waals surface area contributed by atoms with Crippen LogP contribution in [0.2, 0.25) is 0 Å². The topological polar surface area (TPSA) is 50.9 Å². The number of nitrogens with two attached hydrogens (primary N) is 1. The van der Waals surface area contributed by atoms with E-state index in [1.54, 1.807) is 0 Å². The van der Waals surface area contributed by atoms with Gasteiger partial charge >= 0.3 is 0 Å². The zero-order chi connectivity index (χ0) is 13.0. The zero-order valence-electron chi connectivity index (χ0n) is 11.1. The summed E-state index contributed by atoms with van der Waals surface area (Å²) in [5.41, 5.74) is 8.30. The first-order chi connectivity index (χ1) is 8.68. The second-order valence-corrected chi connectivity index (χ2v) is 4.80. The molecule has 0 fully saturated rings. The van der Waals surface area contributed by atoms with Crippen molar-refractivity contribution in [2.45, 2.75) is 32.2 Å². The van der Waals surface area contributed by atoms with Gasteiger partial charge in [0.25, 0.3) is 0 Å². The molecule has 0 atom stereocenters. The molecule has 96 valence electrons. The lowest BCUT2D eigenvalue weighted by Crippen LogP contribution is -2.45. The molecule has 0 amide bonds. The van der Waals surface area contributed by atoms with E-state index < -0.39 is 0 Å². The van der Waals surface area contributed by atoms with Crippen molar-refractivity contribution in [2.24, 2.45) is 5.73 Å². The summed E-state index contributed by atoms with van der Waals surface area (Å²) in [4.78, 5) is 4.36. The molecule has 0 radical (unpaired) electrons. The highest BCUT2D eigenvalue weighted by molar-refractivity contribution is 5.90. The Morgan fingerprint density at radius 1 is 1.17 bits per heavy atom. The third kappa shape index (κ3) is 2.62. The van der Waals surface area contributed by atoms with Crippen LogP contribution in [0.15, 0.2) is 36.5 Å². The van der Waals surface area contributed by atoms with Gasteiger partial charge in [-0.1, -0.05) is 32.0 Å². The molecule has 0 aliphatic heterocycles. The third-order valence-electron chi connectivity index (χ3n) is 3.69.